The van der Waals surface area contributed by atoms with Crippen LogP contribution in [-0.2, 0) is 16.1 Å². The molecule has 7 heteroatoms. The summed E-state index contributed by atoms with van der Waals surface area (Å²) >= 11 is 0. The van der Waals surface area contributed by atoms with E-state index < -0.39 is 23.3 Å². The van der Waals surface area contributed by atoms with Crippen LogP contribution >= 0.6 is 0 Å². The number of hydrogen-bond donors (Lipinski definition) is 2. The third kappa shape index (κ3) is 4.44. The van der Waals surface area contributed by atoms with Crippen molar-refractivity contribution in [3.63, 3.8) is 0 Å². The van der Waals surface area contributed by atoms with Crippen LogP contribution in [0.1, 0.15) is 46.7 Å². The zero-order chi connectivity index (χ0) is 19.2. The number of nitrogens with zero attached hydrogens (tertiary/aromatic N) is 1. The van der Waals surface area contributed by atoms with E-state index in [1.165, 1.54) is 25.3 Å². The molecule has 1 atom stereocenters. The van der Waals surface area contributed by atoms with Crippen molar-refractivity contribution in [3.05, 3.63) is 65.5 Å². The van der Waals surface area contributed by atoms with Crippen molar-refractivity contribution in [1.82, 2.24) is 10.3 Å². The number of aromatic nitrogens is 1. The van der Waals surface area contributed by atoms with Crippen molar-refractivity contribution < 1.29 is 19.1 Å². The van der Waals surface area contributed by atoms with Crippen LogP contribution in [0.25, 0.3) is 0 Å². The highest BCUT2D eigenvalue weighted by atomic mass is 16.5. The van der Waals surface area contributed by atoms with E-state index >= 15 is 0 Å². The first kappa shape index (κ1) is 19.1. The summed E-state index contributed by atoms with van der Waals surface area (Å²) in [5.74, 6) is -2.01. The number of nitrogens with two attached hydrogens (primary N) is 1. The average molecular weight is 355 g/mol. The van der Waals surface area contributed by atoms with E-state index in [1.807, 2.05) is 30.3 Å². The van der Waals surface area contributed by atoms with Crippen LogP contribution in [0.15, 0.2) is 48.7 Å². The fraction of sp³-hybridized carbons (Fsp3) is 0.263. The highest BCUT2D eigenvalue weighted by Crippen LogP contribution is 2.13. The number of ether oxygens (including phenoxy) is 1. The molecule has 136 valence electrons. The van der Waals surface area contributed by atoms with Crippen LogP contribution in [0.2, 0.25) is 0 Å². The molecule has 0 aliphatic rings. The normalized spacial score (nSPS) is 12.7. The molecule has 0 bridgehead atoms. The molecule has 0 radical (unpaired) electrons. The molecule has 1 aromatic carbocycles. The summed E-state index contributed by atoms with van der Waals surface area (Å²) in [6, 6.07) is 12.2. The number of carbonyl (C=O) groups excluding carboxylic acids is 3. The summed E-state index contributed by atoms with van der Waals surface area (Å²) in [4.78, 5) is 40.5. The first-order valence-electron chi connectivity index (χ1n) is 8.16. The highest BCUT2D eigenvalue weighted by Gasteiger charge is 2.32. The average Bonchev–Trinajstić information content (AvgIpc) is 2.66. The minimum Gasteiger partial charge on any atom is -0.457 e. The van der Waals surface area contributed by atoms with Gasteiger partial charge >= 0.3 is 5.97 Å². The molecule has 2 rings (SSSR count). The van der Waals surface area contributed by atoms with Crippen LogP contribution in [0, 0.1) is 0 Å². The van der Waals surface area contributed by atoms with Crippen LogP contribution in [0.5, 0.6) is 0 Å². The minimum absolute atomic E-state index is 0.0175. The molecule has 1 heterocycles. The molecular formula is C19H21N3O4. The molecule has 0 saturated carbocycles. The van der Waals surface area contributed by atoms with E-state index in [0.717, 1.165) is 5.56 Å². The van der Waals surface area contributed by atoms with E-state index in [0.29, 0.717) is 6.42 Å². The molecule has 26 heavy (non-hydrogen) atoms. The maximum atomic E-state index is 12.5. The highest BCUT2D eigenvalue weighted by molar-refractivity contribution is 6.05. The lowest BCUT2D eigenvalue weighted by molar-refractivity contribution is -0.123. The second-order valence-electron chi connectivity index (χ2n) is 5.97. The van der Waals surface area contributed by atoms with Crippen LogP contribution in [0.4, 0.5) is 0 Å². The number of benzene rings is 1. The third-order valence-electron chi connectivity index (χ3n) is 4.10. The maximum absolute atomic E-state index is 12.5. The summed E-state index contributed by atoms with van der Waals surface area (Å²) in [5.41, 5.74) is 4.84. The van der Waals surface area contributed by atoms with Gasteiger partial charge in [0.15, 0.2) is 0 Å². The first-order valence-corrected chi connectivity index (χ1v) is 8.16. The fourth-order valence-electron chi connectivity index (χ4n) is 2.19. The second-order valence-corrected chi connectivity index (χ2v) is 5.97. The number of rotatable bonds is 7. The number of nitrogens with one attached hydrogen (secondary N) is 1. The third-order valence-corrected chi connectivity index (χ3v) is 4.10. The topological polar surface area (TPSA) is 111 Å². The largest absolute Gasteiger partial charge is 0.457 e. The Morgan fingerprint density at radius 1 is 1.15 bits per heavy atom. The molecule has 3 N–H and O–H groups in total. The van der Waals surface area contributed by atoms with Crippen LogP contribution < -0.4 is 11.1 Å². The van der Waals surface area contributed by atoms with Gasteiger partial charge in [-0.25, -0.2) is 4.79 Å². The van der Waals surface area contributed by atoms with Crippen molar-refractivity contribution in [3.8, 4) is 0 Å². The number of hydrogen-bond acceptors (Lipinski definition) is 5. The van der Waals surface area contributed by atoms with Gasteiger partial charge < -0.3 is 15.8 Å². The molecule has 1 unspecified atom stereocenters. The molecule has 0 aliphatic carbocycles. The zero-order valence-electron chi connectivity index (χ0n) is 14.7. The van der Waals surface area contributed by atoms with Gasteiger partial charge in [-0.2, -0.15) is 0 Å². The van der Waals surface area contributed by atoms with Gasteiger partial charge in [0.05, 0.1) is 5.56 Å². The standard InChI is InChI=1S/C19H21N3O4/c1-3-19(2,18(20)25)22-16(23)15-14(10-7-11-21-15)17(24)26-12-13-8-5-4-6-9-13/h4-11H,3,12H2,1-2H3,(H2,20,25)(H,22,23). The van der Waals surface area contributed by atoms with Crippen molar-refractivity contribution in [2.24, 2.45) is 5.73 Å². The van der Waals surface area contributed by atoms with Crippen molar-refractivity contribution in [1.29, 1.82) is 0 Å². The molecule has 2 amide bonds. The van der Waals surface area contributed by atoms with Gasteiger partial charge in [0, 0.05) is 6.20 Å². The van der Waals surface area contributed by atoms with Gasteiger partial charge in [-0.3, -0.25) is 14.6 Å². The van der Waals surface area contributed by atoms with Gasteiger partial charge in [-0.1, -0.05) is 37.3 Å². The van der Waals surface area contributed by atoms with Crippen molar-refractivity contribution in [2.75, 3.05) is 0 Å². The number of amides is 2. The molecule has 2 aromatic rings. The molecule has 0 spiro atoms. The Kier molecular flexibility index (Phi) is 6.06. The molecule has 0 fully saturated rings. The number of carbonyl (C=O) groups is 3. The quantitative estimate of drug-likeness (QED) is 0.736. The monoisotopic (exact) mass is 355 g/mol. The predicted octanol–water partition coefficient (Wildman–Crippen LogP) is 1.82. The Balaban J connectivity index is 2.17. The number of esters is 1. The Bertz CT molecular complexity index is 807. The maximum Gasteiger partial charge on any atom is 0.340 e. The molecule has 0 saturated heterocycles. The minimum atomic E-state index is -1.24. The van der Waals surface area contributed by atoms with Gasteiger partial charge in [-0.15, -0.1) is 0 Å². The van der Waals surface area contributed by atoms with Crippen molar-refractivity contribution in [2.45, 2.75) is 32.4 Å². The summed E-state index contributed by atoms with van der Waals surface area (Å²) in [6.07, 6.45) is 1.69. The smallest absolute Gasteiger partial charge is 0.340 e. The molecular weight excluding hydrogens is 334 g/mol. The lowest BCUT2D eigenvalue weighted by atomic mass is 9.97. The summed E-state index contributed by atoms with van der Waals surface area (Å²) in [6.45, 7) is 3.31. The number of pyridine rings is 1. The first-order chi connectivity index (χ1) is 12.4. The Morgan fingerprint density at radius 3 is 2.46 bits per heavy atom. The number of primary amides is 1. The van der Waals surface area contributed by atoms with E-state index in [1.54, 1.807) is 6.92 Å². The van der Waals surface area contributed by atoms with E-state index in [9.17, 15) is 14.4 Å². The SMILES string of the molecule is CCC(C)(NC(=O)c1ncccc1C(=O)OCc1ccccc1)C(N)=O. The van der Waals surface area contributed by atoms with Crippen LogP contribution in [0.3, 0.4) is 0 Å². The van der Waals surface area contributed by atoms with E-state index in [-0.39, 0.29) is 17.9 Å². The summed E-state index contributed by atoms with van der Waals surface area (Å²) in [5, 5.41) is 2.54. The van der Waals surface area contributed by atoms with Gasteiger partial charge in [0.25, 0.3) is 5.91 Å². The van der Waals surface area contributed by atoms with E-state index in [4.69, 9.17) is 10.5 Å². The summed E-state index contributed by atoms with van der Waals surface area (Å²) < 4.78 is 5.26. The lowest BCUT2D eigenvalue weighted by Crippen LogP contribution is -2.55. The van der Waals surface area contributed by atoms with Crippen LogP contribution in [-0.4, -0.2) is 28.3 Å². The molecule has 1 aromatic heterocycles. The zero-order valence-corrected chi connectivity index (χ0v) is 14.7. The van der Waals surface area contributed by atoms with E-state index in [2.05, 4.69) is 10.3 Å². The lowest BCUT2D eigenvalue weighted by Gasteiger charge is -2.25. The van der Waals surface area contributed by atoms with Crippen molar-refractivity contribution >= 4 is 17.8 Å². The molecule has 7 nitrogen and oxygen atoms in total. The fourth-order valence-corrected chi connectivity index (χ4v) is 2.19. The second kappa shape index (κ2) is 8.24. The summed E-state index contributed by atoms with van der Waals surface area (Å²) in [7, 11) is 0. The van der Waals surface area contributed by atoms with Gasteiger partial charge in [0.1, 0.15) is 17.8 Å². The Hall–Kier alpha value is -3.22. The Labute approximate surface area is 151 Å². The Morgan fingerprint density at radius 2 is 1.85 bits per heavy atom. The van der Waals surface area contributed by atoms with Gasteiger partial charge in [0.2, 0.25) is 5.91 Å². The molecule has 0 aliphatic heterocycles. The predicted molar refractivity (Wildman–Crippen MR) is 95.2 cm³/mol. The van der Waals surface area contributed by atoms with Gasteiger partial charge in [-0.05, 0) is 31.0 Å².